The molecule has 112 valence electrons. The van der Waals surface area contributed by atoms with Gasteiger partial charge in [0.1, 0.15) is 0 Å². The summed E-state index contributed by atoms with van der Waals surface area (Å²) in [5.74, 6) is 0.606. The number of carbonyl (C=O) groups is 1. The summed E-state index contributed by atoms with van der Waals surface area (Å²) in [5, 5.41) is 3.11. The van der Waals surface area contributed by atoms with Crippen LogP contribution in [-0.2, 0) is 11.2 Å². The minimum absolute atomic E-state index is 0. The van der Waals surface area contributed by atoms with Crippen molar-refractivity contribution in [1.29, 1.82) is 0 Å². The number of nitrogens with one attached hydrogen (secondary N) is 1. The van der Waals surface area contributed by atoms with Crippen LogP contribution >= 0.6 is 12.4 Å². The van der Waals surface area contributed by atoms with Crippen LogP contribution in [0.2, 0.25) is 0 Å². The molecule has 0 spiro atoms. The van der Waals surface area contributed by atoms with Gasteiger partial charge in [-0.3, -0.25) is 4.79 Å². The number of amides is 1. The van der Waals surface area contributed by atoms with Crippen molar-refractivity contribution in [1.82, 2.24) is 0 Å². The van der Waals surface area contributed by atoms with Crippen molar-refractivity contribution in [2.24, 2.45) is 17.6 Å². The summed E-state index contributed by atoms with van der Waals surface area (Å²) in [6, 6.07) is 8.09. The molecule has 1 aliphatic carbocycles. The third-order valence-corrected chi connectivity index (χ3v) is 4.09. The van der Waals surface area contributed by atoms with Crippen molar-refractivity contribution >= 4 is 24.0 Å². The fourth-order valence-corrected chi connectivity index (χ4v) is 3.02. The number of hydrogen-bond donors (Lipinski definition) is 2. The molecule has 1 aromatic carbocycles. The predicted molar refractivity (Wildman–Crippen MR) is 86.2 cm³/mol. The molecule has 1 amide bonds. The van der Waals surface area contributed by atoms with Crippen LogP contribution in [-0.4, -0.2) is 12.5 Å². The van der Waals surface area contributed by atoms with Crippen LogP contribution in [0.1, 0.15) is 38.2 Å². The van der Waals surface area contributed by atoms with Crippen LogP contribution in [0.15, 0.2) is 24.3 Å². The number of rotatable bonds is 5. The summed E-state index contributed by atoms with van der Waals surface area (Å²) < 4.78 is 0. The van der Waals surface area contributed by atoms with Crippen LogP contribution in [0, 0.1) is 11.8 Å². The summed E-state index contributed by atoms with van der Waals surface area (Å²) in [5.41, 5.74) is 7.95. The molecule has 3 N–H and O–H groups in total. The second kappa shape index (κ2) is 8.28. The Hall–Kier alpha value is -1.06. The second-order valence-electron chi connectivity index (χ2n) is 5.43. The van der Waals surface area contributed by atoms with E-state index in [2.05, 4.69) is 18.3 Å². The second-order valence-corrected chi connectivity index (χ2v) is 5.43. The minimum atomic E-state index is 0. The van der Waals surface area contributed by atoms with Crippen molar-refractivity contribution < 1.29 is 4.79 Å². The van der Waals surface area contributed by atoms with E-state index >= 15 is 0 Å². The lowest BCUT2D eigenvalue weighted by atomic mass is 9.95. The molecule has 4 heteroatoms. The van der Waals surface area contributed by atoms with E-state index in [-0.39, 0.29) is 24.2 Å². The lowest BCUT2D eigenvalue weighted by Crippen LogP contribution is -2.30. The SMILES string of the molecule is CCCc1ccccc1NC(=O)[C@@H]1CCC[C@@H]1CN.Cl. The van der Waals surface area contributed by atoms with Crippen LogP contribution in [0.4, 0.5) is 5.69 Å². The van der Waals surface area contributed by atoms with E-state index < -0.39 is 0 Å². The van der Waals surface area contributed by atoms with Crippen molar-refractivity contribution in [3.8, 4) is 0 Å². The zero-order valence-corrected chi connectivity index (χ0v) is 12.9. The molecular weight excluding hydrogens is 272 g/mol. The molecule has 0 aliphatic heterocycles. The smallest absolute Gasteiger partial charge is 0.227 e. The first-order valence-electron chi connectivity index (χ1n) is 7.35. The lowest BCUT2D eigenvalue weighted by molar-refractivity contribution is -0.120. The first-order valence-corrected chi connectivity index (χ1v) is 7.35. The molecule has 1 fully saturated rings. The van der Waals surface area contributed by atoms with E-state index in [1.165, 1.54) is 5.56 Å². The molecule has 1 aliphatic rings. The Labute approximate surface area is 127 Å². The number of nitrogens with two attached hydrogens (primary N) is 1. The normalized spacial score (nSPS) is 21.3. The monoisotopic (exact) mass is 296 g/mol. The van der Waals surface area contributed by atoms with Crippen molar-refractivity contribution in [2.45, 2.75) is 39.0 Å². The zero-order chi connectivity index (χ0) is 13.7. The molecule has 1 aromatic rings. The van der Waals surface area contributed by atoms with Gasteiger partial charge in [0.15, 0.2) is 0 Å². The third-order valence-electron chi connectivity index (χ3n) is 4.09. The molecule has 0 aromatic heterocycles. The summed E-state index contributed by atoms with van der Waals surface area (Å²) in [7, 11) is 0. The number of hydrogen-bond acceptors (Lipinski definition) is 2. The van der Waals surface area contributed by atoms with Gasteiger partial charge in [0.05, 0.1) is 0 Å². The topological polar surface area (TPSA) is 55.1 Å². The summed E-state index contributed by atoms with van der Waals surface area (Å²) in [6.45, 7) is 2.77. The van der Waals surface area contributed by atoms with Gasteiger partial charge in [0.2, 0.25) is 5.91 Å². The van der Waals surface area contributed by atoms with Gasteiger partial charge in [-0.1, -0.05) is 38.0 Å². The average Bonchev–Trinajstić information content (AvgIpc) is 2.89. The number of para-hydroxylation sites is 1. The molecule has 1 saturated carbocycles. The summed E-state index contributed by atoms with van der Waals surface area (Å²) >= 11 is 0. The zero-order valence-electron chi connectivity index (χ0n) is 12.1. The molecule has 0 unspecified atom stereocenters. The first-order chi connectivity index (χ1) is 9.26. The van der Waals surface area contributed by atoms with Gasteiger partial charge in [-0.15, -0.1) is 12.4 Å². The Morgan fingerprint density at radius 1 is 1.35 bits per heavy atom. The Morgan fingerprint density at radius 2 is 2.10 bits per heavy atom. The van der Waals surface area contributed by atoms with Gasteiger partial charge in [-0.25, -0.2) is 0 Å². The van der Waals surface area contributed by atoms with Crippen molar-refractivity contribution in [3.63, 3.8) is 0 Å². The highest BCUT2D eigenvalue weighted by Crippen LogP contribution is 2.32. The quantitative estimate of drug-likeness (QED) is 0.875. The maximum atomic E-state index is 12.4. The fourth-order valence-electron chi connectivity index (χ4n) is 3.02. The maximum Gasteiger partial charge on any atom is 0.227 e. The molecule has 2 rings (SSSR count). The van der Waals surface area contributed by atoms with E-state index in [1.807, 2.05) is 18.2 Å². The fraction of sp³-hybridized carbons (Fsp3) is 0.562. The Balaban J connectivity index is 0.00000200. The van der Waals surface area contributed by atoms with E-state index in [0.29, 0.717) is 12.5 Å². The van der Waals surface area contributed by atoms with Gasteiger partial charge < -0.3 is 11.1 Å². The van der Waals surface area contributed by atoms with Gasteiger partial charge in [-0.2, -0.15) is 0 Å². The summed E-state index contributed by atoms with van der Waals surface area (Å²) in [4.78, 5) is 12.4. The number of anilines is 1. The van der Waals surface area contributed by atoms with Crippen molar-refractivity contribution in [2.75, 3.05) is 11.9 Å². The predicted octanol–water partition coefficient (Wildman–Crippen LogP) is 3.37. The number of aryl methyl sites for hydroxylation is 1. The largest absolute Gasteiger partial charge is 0.330 e. The summed E-state index contributed by atoms with van der Waals surface area (Å²) in [6.07, 6.45) is 5.27. The first kappa shape index (κ1) is 17.0. The van der Waals surface area contributed by atoms with Gasteiger partial charge in [0, 0.05) is 11.6 Å². The van der Waals surface area contributed by atoms with Crippen LogP contribution in [0.5, 0.6) is 0 Å². The Bertz CT molecular complexity index is 436. The van der Waals surface area contributed by atoms with Gasteiger partial charge in [0.25, 0.3) is 0 Å². The molecular formula is C16H25ClN2O. The van der Waals surface area contributed by atoms with E-state index in [0.717, 1.165) is 37.8 Å². The van der Waals surface area contributed by atoms with Crippen LogP contribution in [0.25, 0.3) is 0 Å². The van der Waals surface area contributed by atoms with Crippen LogP contribution < -0.4 is 11.1 Å². The molecule has 0 radical (unpaired) electrons. The Morgan fingerprint density at radius 3 is 2.80 bits per heavy atom. The maximum absolute atomic E-state index is 12.4. The van der Waals surface area contributed by atoms with Crippen LogP contribution in [0.3, 0.4) is 0 Å². The molecule has 0 bridgehead atoms. The lowest BCUT2D eigenvalue weighted by Gasteiger charge is -2.18. The molecule has 0 heterocycles. The molecule has 0 saturated heterocycles. The van der Waals surface area contributed by atoms with Gasteiger partial charge >= 0.3 is 0 Å². The molecule has 20 heavy (non-hydrogen) atoms. The number of benzene rings is 1. The van der Waals surface area contributed by atoms with E-state index in [9.17, 15) is 4.79 Å². The number of halogens is 1. The third kappa shape index (κ3) is 3.97. The van der Waals surface area contributed by atoms with E-state index in [4.69, 9.17) is 5.73 Å². The van der Waals surface area contributed by atoms with Gasteiger partial charge in [-0.05, 0) is 43.4 Å². The Kier molecular flexibility index (Phi) is 7.03. The molecule has 3 nitrogen and oxygen atoms in total. The average molecular weight is 297 g/mol. The highest BCUT2D eigenvalue weighted by Gasteiger charge is 2.32. The van der Waals surface area contributed by atoms with Crippen molar-refractivity contribution in [3.05, 3.63) is 29.8 Å². The molecule has 2 atom stereocenters. The standard InChI is InChI=1S/C16H24N2O.ClH/c1-2-6-12-7-3-4-10-15(12)18-16(19)14-9-5-8-13(14)11-17;/h3-4,7,10,13-14H,2,5-6,8-9,11,17H2,1H3,(H,18,19);1H/t13-,14-;/m1./s1. The van der Waals surface area contributed by atoms with E-state index in [1.54, 1.807) is 0 Å². The highest BCUT2D eigenvalue weighted by molar-refractivity contribution is 5.93. The minimum Gasteiger partial charge on any atom is -0.330 e. The highest BCUT2D eigenvalue weighted by atomic mass is 35.5. The number of carbonyl (C=O) groups excluding carboxylic acids is 1.